The van der Waals surface area contributed by atoms with E-state index < -0.39 is 29.2 Å². The number of hydrogen-bond donors (Lipinski definition) is 1. The molecule has 0 saturated carbocycles. The van der Waals surface area contributed by atoms with Crippen LogP contribution in [0, 0.1) is 5.92 Å². The normalized spacial score (nSPS) is 25.2. The Hall–Kier alpha value is -3.12. The van der Waals surface area contributed by atoms with E-state index in [2.05, 4.69) is 51.1 Å². The first-order valence-electron chi connectivity index (χ1n) is 14.6. The molecule has 2 aliphatic rings. The highest BCUT2D eigenvalue weighted by Gasteiger charge is 2.38. The summed E-state index contributed by atoms with van der Waals surface area (Å²) < 4.78 is 65.0. The van der Waals surface area contributed by atoms with Crippen molar-refractivity contribution in [1.82, 2.24) is 19.9 Å². The molecule has 5 rings (SSSR count). The lowest BCUT2D eigenvalue weighted by Crippen LogP contribution is -2.57. The van der Waals surface area contributed by atoms with Crippen LogP contribution in [-0.4, -0.2) is 85.4 Å². The van der Waals surface area contributed by atoms with Gasteiger partial charge in [-0.1, -0.05) is 19.9 Å². The Morgan fingerprint density at radius 1 is 1.23 bits per heavy atom. The number of methoxy groups -OCH3 is 1. The number of nitrogens with zero attached hydrogens (tertiary/aromatic N) is 6. The van der Waals surface area contributed by atoms with Crippen LogP contribution in [0.15, 0.2) is 30.6 Å². The van der Waals surface area contributed by atoms with Gasteiger partial charge in [-0.05, 0) is 37.0 Å². The van der Waals surface area contributed by atoms with Crippen LogP contribution in [0.4, 0.5) is 27.8 Å². The van der Waals surface area contributed by atoms with Gasteiger partial charge < -0.3 is 19.9 Å². The van der Waals surface area contributed by atoms with Crippen molar-refractivity contribution >= 4 is 44.1 Å². The van der Waals surface area contributed by atoms with E-state index in [1.54, 1.807) is 23.4 Å². The van der Waals surface area contributed by atoms with Crippen molar-refractivity contribution in [3.63, 3.8) is 0 Å². The van der Waals surface area contributed by atoms with Crippen LogP contribution in [0.3, 0.4) is 0 Å². The Kier molecular flexibility index (Phi) is 6.58. The second-order valence-corrected chi connectivity index (χ2v) is 13.0. The highest BCUT2D eigenvalue weighted by atomic mass is 32.2. The van der Waals surface area contributed by atoms with Crippen LogP contribution in [-0.2, 0) is 14.6 Å². The van der Waals surface area contributed by atoms with Crippen molar-refractivity contribution in [2.75, 3.05) is 53.8 Å². The summed E-state index contributed by atoms with van der Waals surface area (Å²) in [6.45, 7) is 7.14. The molecule has 1 aromatic carbocycles. The number of aromatic nitrogens is 4. The molecule has 4 heterocycles. The van der Waals surface area contributed by atoms with E-state index in [-0.39, 0.29) is 36.6 Å². The molecule has 0 bridgehead atoms. The van der Waals surface area contributed by atoms with Crippen LogP contribution >= 0.6 is 0 Å². The second kappa shape index (κ2) is 10.8. The monoisotopic (exact) mass is 560 g/mol. The molecule has 0 radical (unpaired) electrons. The maximum Gasteiger partial charge on any atom is 0.228 e. The first kappa shape index (κ1) is 23.7. The number of ether oxygens (including phenoxy) is 1. The molecule has 1 N–H and O–H groups in total. The van der Waals surface area contributed by atoms with E-state index in [9.17, 15) is 12.8 Å². The van der Waals surface area contributed by atoms with Crippen molar-refractivity contribution in [3.05, 3.63) is 36.2 Å². The third-order valence-corrected chi connectivity index (χ3v) is 8.64. The summed E-state index contributed by atoms with van der Waals surface area (Å²) in [6.07, 6.45) is 2.29. The minimum atomic E-state index is -3.06. The quantitative estimate of drug-likeness (QED) is 0.437. The maximum atomic E-state index is 14.7. The molecule has 39 heavy (non-hydrogen) atoms. The topological polar surface area (TPSA) is 113 Å². The van der Waals surface area contributed by atoms with Gasteiger partial charge in [0.15, 0.2) is 0 Å². The standard InChI is InChI=1S/C27H36FN7O3S/c1-16(2)19-6-7-22(35-13-18(17(35)3)15-39(5,36)37)20-12-30-26(33-25(19)20)31-24-8-10-29-27(32-24)34-11-9-23(38-4)21(28)14-34/h6-8,10,12,16-18,21,23H,9,11,13-15H2,1-5H3,(H,29,30,31,32,33)/t17-,18-,21+,23-/m1/s1/i4D3. The van der Waals surface area contributed by atoms with E-state index in [1.165, 1.54) is 6.26 Å². The van der Waals surface area contributed by atoms with Gasteiger partial charge in [-0.15, -0.1) is 0 Å². The number of halogens is 1. The molecule has 0 aliphatic carbocycles. The lowest BCUT2D eigenvalue weighted by atomic mass is 9.89. The van der Waals surface area contributed by atoms with Gasteiger partial charge in [0.25, 0.3) is 0 Å². The fourth-order valence-electron chi connectivity index (χ4n) is 5.37. The van der Waals surface area contributed by atoms with Crippen LogP contribution in [0.2, 0.25) is 0 Å². The van der Waals surface area contributed by atoms with E-state index in [1.807, 2.05) is 6.92 Å². The maximum absolute atomic E-state index is 14.7. The van der Waals surface area contributed by atoms with Gasteiger partial charge in [0.1, 0.15) is 21.8 Å². The molecule has 0 spiro atoms. The zero-order valence-corrected chi connectivity index (χ0v) is 23.3. The Bertz CT molecular complexity index is 1560. The average Bonchev–Trinajstić information content (AvgIpc) is 2.90. The minimum Gasteiger partial charge on any atom is -0.378 e. The van der Waals surface area contributed by atoms with Crippen LogP contribution in [0.25, 0.3) is 10.9 Å². The highest BCUT2D eigenvalue weighted by Crippen LogP contribution is 2.38. The van der Waals surface area contributed by atoms with Gasteiger partial charge in [-0.3, -0.25) is 0 Å². The summed E-state index contributed by atoms with van der Waals surface area (Å²) in [5.41, 5.74) is 2.82. The number of fused-ring (bicyclic) bond motifs is 1. The van der Waals surface area contributed by atoms with Crippen LogP contribution in [0.1, 0.15) is 42.8 Å². The zero-order chi connectivity index (χ0) is 30.4. The van der Waals surface area contributed by atoms with Crippen LogP contribution in [0.5, 0.6) is 0 Å². The molecule has 2 saturated heterocycles. The van der Waals surface area contributed by atoms with Gasteiger partial charge in [-0.2, -0.15) is 4.98 Å². The Morgan fingerprint density at radius 3 is 2.74 bits per heavy atom. The lowest BCUT2D eigenvalue weighted by Gasteiger charge is -2.48. The van der Waals surface area contributed by atoms with Crippen molar-refractivity contribution < 1.29 is 21.7 Å². The first-order valence-corrected chi connectivity index (χ1v) is 15.2. The van der Waals surface area contributed by atoms with Crippen molar-refractivity contribution in [3.8, 4) is 0 Å². The molecule has 2 fully saturated rings. The Labute approximate surface area is 233 Å². The summed E-state index contributed by atoms with van der Waals surface area (Å²) in [5, 5.41) is 4.02. The fourth-order valence-corrected chi connectivity index (χ4v) is 6.53. The lowest BCUT2D eigenvalue weighted by molar-refractivity contribution is 0.0194. The first-order chi connectivity index (χ1) is 19.7. The number of alkyl halides is 1. The molecular weight excluding hydrogens is 521 g/mol. The van der Waals surface area contributed by atoms with Gasteiger partial charge in [-0.25, -0.2) is 27.8 Å². The summed E-state index contributed by atoms with van der Waals surface area (Å²) in [6, 6.07) is 5.85. The predicted molar refractivity (Wildman–Crippen MR) is 151 cm³/mol. The van der Waals surface area contributed by atoms with Crippen molar-refractivity contribution in [1.29, 1.82) is 0 Å². The highest BCUT2D eigenvalue weighted by molar-refractivity contribution is 7.90. The number of nitrogens with one attached hydrogen (secondary N) is 1. The van der Waals surface area contributed by atoms with Gasteiger partial charge in [0, 0.05) is 61.8 Å². The van der Waals surface area contributed by atoms with Crippen LogP contribution < -0.4 is 15.1 Å². The number of piperidine rings is 1. The molecule has 0 unspecified atom stereocenters. The molecule has 2 aromatic heterocycles. The minimum absolute atomic E-state index is 0.0686. The van der Waals surface area contributed by atoms with E-state index in [0.717, 1.165) is 22.2 Å². The molecule has 10 nitrogen and oxygen atoms in total. The molecule has 3 aromatic rings. The molecule has 0 amide bonds. The average molecular weight is 561 g/mol. The summed E-state index contributed by atoms with van der Waals surface area (Å²) in [7, 11) is -5.71. The third kappa shape index (κ3) is 5.76. The summed E-state index contributed by atoms with van der Waals surface area (Å²) in [4.78, 5) is 22.1. The number of anilines is 4. The fraction of sp³-hybridized carbons (Fsp3) is 0.556. The number of sulfone groups is 1. The number of benzene rings is 1. The zero-order valence-electron chi connectivity index (χ0n) is 25.5. The van der Waals surface area contributed by atoms with Gasteiger partial charge >= 0.3 is 0 Å². The van der Waals surface area contributed by atoms with E-state index in [4.69, 9.17) is 13.8 Å². The largest absolute Gasteiger partial charge is 0.378 e. The second-order valence-electron chi connectivity index (χ2n) is 10.8. The SMILES string of the molecule is [2H]C([2H])([2H])O[C@@H]1CCN(c2nccc(Nc3ncc4c(N5C[C@H](CS(C)(=O)=O)[C@H]5C)ccc(C(C)C)c4n3)n2)C[C@@H]1F. The van der Waals surface area contributed by atoms with Crippen molar-refractivity contribution in [2.24, 2.45) is 5.92 Å². The molecule has 12 heteroatoms. The smallest absolute Gasteiger partial charge is 0.228 e. The van der Waals surface area contributed by atoms with Gasteiger partial charge in [0.2, 0.25) is 11.9 Å². The van der Waals surface area contributed by atoms with Crippen molar-refractivity contribution in [2.45, 2.75) is 51.4 Å². The summed E-state index contributed by atoms with van der Waals surface area (Å²) >= 11 is 0. The Balaban J connectivity index is 1.35. The molecule has 4 atom stereocenters. The van der Waals surface area contributed by atoms with E-state index >= 15 is 0 Å². The predicted octanol–water partition coefficient (Wildman–Crippen LogP) is 3.72. The molecular formula is C27H36FN7O3S. The summed E-state index contributed by atoms with van der Waals surface area (Å²) in [5.74, 6) is 1.51. The number of rotatable bonds is 8. The molecule has 2 aliphatic heterocycles. The van der Waals surface area contributed by atoms with E-state index in [0.29, 0.717) is 30.8 Å². The number of hydrogen-bond acceptors (Lipinski definition) is 10. The molecule has 210 valence electrons. The van der Waals surface area contributed by atoms with Gasteiger partial charge in [0.05, 0.1) is 28.0 Å². The Morgan fingerprint density at radius 2 is 2.05 bits per heavy atom. The third-order valence-electron chi connectivity index (χ3n) is 7.61.